The van der Waals surface area contributed by atoms with Gasteiger partial charge in [0.2, 0.25) is 0 Å². The molecule has 2 fully saturated rings. The van der Waals surface area contributed by atoms with E-state index in [2.05, 4.69) is 26.6 Å². The second kappa shape index (κ2) is 6.71. The zero-order valence-electron chi connectivity index (χ0n) is 15.9. The summed E-state index contributed by atoms with van der Waals surface area (Å²) in [6.45, 7) is 1.90. The number of aromatic amines is 1. The van der Waals surface area contributed by atoms with Crippen molar-refractivity contribution < 1.29 is 9.90 Å². The minimum atomic E-state index is -0.282. The second-order valence-electron chi connectivity index (χ2n) is 8.18. The normalized spacial score (nSPS) is 22.6. The van der Waals surface area contributed by atoms with Gasteiger partial charge in [-0.15, -0.1) is 0 Å². The zero-order chi connectivity index (χ0) is 19.3. The van der Waals surface area contributed by atoms with Gasteiger partial charge in [-0.1, -0.05) is 18.2 Å². The van der Waals surface area contributed by atoms with Crippen LogP contribution in [0.4, 0.5) is 0 Å². The van der Waals surface area contributed by atoms with Crippen molar-refractivity contribution in [2.24, 2.45) is 5.92 Å². The third-order valence-electron chi connectivity index (χ3n) is 6.04. The van der Waals surface area contributed by atoms with E-state index in [0.29, 0.717) is 24.3 Å². The number of H-pyrrole nitrogens is 1. The molecule has 2 aliphatic carbocycles. The van der Waals surface area contributed by atoms with Gasteiger partial charge in [-0.3, -0.25) is 14.9 Å². The maximum atomic E-state index is 13.2. The Morgan fingerprint density at radius 1 is 1.29 bits per heavy atom. The topological polar surface area (TPSA) is 90.9 Å². The van der Waals surface area contributed by atoms with Crippen LogP contribution in [0.25, 0.3) is 10.9 Å². The first-order valence-electron chi connectivity index (χ1n) is 9.98. The van der Waals surface area contributed by atoms with Crippen LogP contribution in [0.5, 0.6) is 0 Å². The molecule has 0 bridgehead atoms. The van der Waals surface area contributed by atoms with E-state index in [1.807, 2.05) is 37.4 Å². The molecule has 1 amide bonds. The van der Waals surface area contributed by atoms with Gasteiger partial charge in [0.05, 0.1) is 28.9 Å². The summed E-state index contributed by atoms with van der Waals surface area (Å²) in [6.07, 6.45) is 5.14. The van der Waals surface area contributed by atoms with E-state index < -0.39 is 0 Å². The van der Waals surface area contributed by atoms with Crippen LogP contribution in [0, 0.1) is 12.8 Å². The highest BCUT2D eigenvalue weighted by atomic mass is 16.3. The summed E-state index contributed by atoms with van der Waals surface area (Å²) in [5, 5.41) is 21.5. The number of nitrogens with zero attached hydrogens (tertiary/aromatic N) is 2. The molecule has 1 atom stereocenters. The monoisotopic (exact) mass is 376 g/mol. The Bertz CT molecular complexity index is 1030. The smallest absolute Gasteiger partial charge is 0.255 e. The third-order valence-corrected chi connectivity index (χ3v) is 6.04. The van der Waals surface area contributed by atoms with Gasteiger partial charge in [0.15, 0.2) is 0 Å². The molecule has 6 heteroatoms. The first-order valence-corrected chi connectivity index (χ1v) is 9.98. The van der Waals surface area contributed by atoms with E-state index in [0.717, 1.165) is 40.7 Å². The number of carbonyl (C=O) groups excluding carboxylic acids is 1. The number of para-hydroxylation sites is 1. The highest BCUT2D eigenvalue weighted by Gasteiger charge is 2.38. The molecule has 0 saturated heterocycles. The number of hydrogen-bond acceptors (Lipinski definition) is 4. The minimum absolute atomic E-state index is 0.0901. The number of aryl methyl sites for hydroxylation is 1. The number of carbonyl (C=O) groups is 1. The summed E-state index contributed by atoms with van der Waals surface area (Å²) in [5.74, 6) is 0.517. The molecule has 3 N–H and O–H groups in total. The largest absolute Gasteiger partial charge is 0.393 e. The molecule has 0 radical (unpaired) electrons. The van der Waals surface area contributed by atoms with Gasteiger partial charge >= 0.3 is 0 Å². The van der Waals surface area contributed by atoms with Gasteiger partial charge in [0, 0.05) is 23.2 Å². The first kappa shape index (κ1) is 17.4. The summed E-state index contributed by atoms with van der Waals surface area (Å²) in [6, 6.07) is 9.90. The van der Waals surface area contributed by atoms with Crippen molar-refractivity contribution >= 4 is 16.8 Å². The van der Waals surface area contributed by atoms with Crippen LogP contribution in [-0.4, -0.2) is 32.3 Å². The molecule has 1 aromatic carbocycles. The summed E-state index contributed by atoms with van der Waals surface area (Å²) in [7, 11) is 0. The Morgan fingerprint density at radius 2 is 2.07 bits per heavy atom. The van der Waals surface area contributed by atoms with Gasteiger partial charge in [-0.25, -0.2) is 0 Å². The lowest BCUT2D eigenvalue weighted by Crippen LogP contribution is -2.41. The molecule has 2 aliphatic rings. The van der Waals surface area contributed by atoms with Crippen molar-refractivity contribution in [3.8, 4) is 0 Å². The molecule has 28 heavy (non-hydrogen) atoms. The average Bonchev–Trinajstić information content (AvgIpc) is 3.45. The van der Waals surface area contributed by atoms with Gasteiger partial charge in [0.1, 0.15) is 0 Å². The highest BCUT2D eigenvalue weighted by Crippen LogP contribution is 2.42. The molecule has 6 nitrogen and oxygen atoms in total. The van der Waals surface area contributed by atoms with Crippen molar-refractivity contribution in [2.75, 3.05) is 0 Å². The van der Waals surface area contributed by atoms with Gasteiger partial charge in [-0.05, 0) is 56.2 Å². The number of aliphatic hydroxyl groups excluding tert-OH is 1. The summed E-state index contributed by atoms with van der Waals surface area (Å²) in [5.41, 5.74) is 4.30. The van der Waals surface area contributed by atoms with Crippen LogP contribution in [0.1, 0.15) is 65.0 Å². The maximum absolute atomic E-state index is 13.2. The van der Waals surface area contributed by atoms with Crippen molar-refractivity contribution in [3.63, 3.8) is 0 Å². The molecular formula is C22H24N4O2. The van der Waals surface area contributed by atoms with Crippen molar-refractivity contribution in [2.45, 2.75) is 50.7 Å². The lowest BCUT2D eigenvalue weighted by atomic mass is 9.75. The summed E-state index contributed by atoms with van der Waals surface area (Å²) >= 11 is 0. The number of benzene rings is 1. The molecular weight excluding hydrogens is 352 g/mol. The standard InChI is InChI=1S/C22H24N4O2/c1-12-19(21(26-25-12)13-6-7-13)22(28)24-20(15-9-17(27)10-15)16-8-14-4-2-3-5-18(14)23-11-16/h2-5,8,11,13,15,17,20,27H,6-7,9-10H2,1H3,(H,24,28)(H,25,26)/t15?,17?,20-/m0/s1. The van der Waals surface area contributed by atoms with E-state index >= 15 is 0 Å². The fraction of sp³-hybridized carbons (Fsp3) is 0.409. The van der Waals surface area contributed by atoms with Crippen molar-refractivity contribution in [3.05, 3.63) is 59.0 Å². The van der Waals surface area contributed by atoms with Crippen LogP contribution in [0.3, 0.4) is 0 Å². The van der Waals surface area contributed by atoms with Crippen molar-refractivity contribution in [1.29, 1.82) is 0 Å². The van der Waals surface area contributed by atoms with Gasteiger partial charge < -0.3 is 10.4 Å². The molecule has 0 aliphatic heterocycles. The Hall–Kier alpha value is -2.73. The summed E-state index contributed by atoms with van der Waals surface area (Å²) < 4.78 is 0. The molecule has 2 saturated carbocycles. The number of nitrogens with one attached hydrogen (secondary N) is 2. The lowest BCUT2D eigenvalue weighted by molar-refractivity contribution is 0.0235. The fourth-order valence-corrected chi connectivity index (χ4v) is 4.23. The first-order chi connectivity index (χ1) is 13.6. The van der Waals surface area contributed by atoms with Crippen LogP contribution < -0.4 is 5.32 Å². The van der Waals surface area contributed by atoms with Gasteiger partial charge in [0.25, 0.3) is 5.91 Å². The van der Waals surface area contributed by atoms with E-state index in [1.165, 1.54) is 0 Å². The second-order valence-corrected chi connectivity index (χ2v) is 8.18. The third kappa shape index (κ3) is 3.07. The number of aliphatic hydroxyl groups is 1. The number of hydrogen-bond donors (Lipinski definition) is 3. The van der Waals surface area contributed by atoms with Crippen LogP contribution >= 0.6 is 0 Å². The zero-order valence-corrected chi connectivity index (χ0v) is 15.9. The molecule has 0 unspecified atom stereocenters. The van der Waals surface area contributed by atoms with Crippen LogP contribution in [-0.2, 0) is 0 Å². The predicted octanol–water partition coefficient (Wildman–Crippen LogP) is 3.39. The Morgan fingerprint density at radius 3 is 2.82 bits per heavy atom. The molecule has 144 valence electrons. The SMILES string of the molecule is Cc1[nH]nc(C2CC2)c1C(=O)N[C@H](c1cnc2ccccc2c1)C1CC(O)C1. The molecule has 3 aromatic rings. The maximum Gasteiger partial charge on any atom is 0.255 e. The van der Waals surface area contributed by atoms with E-state index in [1.54, 1.807) is 0 Å². The van der Waals surface area contributed by atoms with E-state index in [4.69, 9.17) is 0 Å². The quantitative estimate of drug-likeness (QED) is 0.637. The Labute approximate surface area is 163 Å². The number of rotatable bonds is 5. The molecule has 5 rings (SSSR count). The Kier molecular flexibility index (Phi) is 4.16. The molecule has 0 spiro atoms. The minimum Gasteiger partial charge on any atom is -0.393 e. The van der Waals surface area contributed by atoms with E-state index in [9.17, 15) is 9.90 Å². The lowest BCUT2D eigenvalue weighted by Gasteiger charge is -2.38. The predicted molar refractivity (Wildman–Crippen MR) is 106 cm³/mol. The van der Waals surface area contributed by atoms with Crippen molar-refractivity contribution in [1.82, 2.24) is 20.5 Å². The average molecular weight is 376 g/mol. The number of fused-ring (bicyclic) bond motifs is 1. The number of amides is 1. The fourth-order valence-electron chi connectivity index (χ4n) is 4.23. The van der Waals surface area contributed by atoms with E-state index in [-0.39, 0.29) is 24.0 Å². The molecule has 2 heterocycles. The van der Waals surface area contributed by atoms with Gasteiger partial charge in [-0.2, -0.15) is 5.10 Å². The van der Waals surface area contributed by atoms with Crippen LogP contribution in [0.2, 0.25) is 0 Å². The number of pyridine rings is 1. The highest BCUT2D eigenvalue weighted by molar-refractivity contribution is 5.97. The Balaban J connectivity index is 1.47. The van der Waals surface area contributed by atoms with Crippen LogP contribution in [0.15, 0.2) is 36.5 Å². The number of aromatic nitrogens is 3. The summed E-state index contributed by atoms with van der Waals surface area (Å²) in [4.78, 5) is 17.8. The molecule has 2 aromatic heterocycles.